The van der Waals surface area contributed by atoms with Crippen LogP contribution >= 0.6 is 0 Å². The highest BCUT2D eigenvalue weighted by Crippen LogP contribution is 2.15. The van der Waals surface area contributed by atoms with Crippen molar-refractivity contribution in [1.29, 1.82) is 0 Å². The maximum atomic E-state index is 11.8. The van der Waals surface area contributed by atoms with Crippen molar-refractivity contribution >= 4 is 5.91 Å². The van der Waals surface area contributed by atoms with Gasteiger partial charge in [-0.1, -0.05) is 11.2 Å². The number of carbonyl (C=O) groups is 1. The second-order valence-corrected chi connectivity index (χ2v) is 4.25. The molecule has 6 nitrogen and oxygen atoms in total. The molecule has 0 radical (unpaired) electrons. The molecule has 1 amide bonds. The van der Waals surface area contributed by atoms with Crippen LogP contribution in [0.15, 0.2) is 35.0 Å². The number of nitrogens with zero attached hydrogens (tertiary/aromatic N) is 2. The Morgan fingerprint density at radius 2 is 2.25 bits per heavy atom. The lowest BCUT2D eigenvalue weighted by atomic mass is 10.2. The van der Waals surface area contributed by atoms with Gasteiger partial charge in [0.1, 0.15) is 5.69 Å². The van der Waals surface area contributed by atoms with Gasteiger partial charge in [-0.05, 0) is 25.0 Å². The summed E-state index contributed by atoms with van der Waals surface area (Å²) < 4.78 is 9.97. The molecule has 0 saturated carbocycles. The second-order valence-electron chi connectivity index (χ2n) is 4.25. The highest BCUT2D eigenvalue weighted by atomic mass is 16.5. The molecule has 0 saturated heterocycles. The van der Waals surface area contributed by atoms with E-state index in [2.05, 4.69) is 15.5 Å². The number of rotatable bonds is 7. The summed E-state index contributed by atoms with van der Waals surface area (Å²) in [5.74, 6) is -0.0745. The average Bonchev–Trinajstić information content (AvgIpc) is 2.98. The van der Waals surface area contributed by atoms with E-state index < -0.39 is 0 Å². The van der Waals surface area contributed by atoms with Crippen molar-refractivity contribution in [3.8, 4) is 11.4 Å². The van der Waals surface area contributed by atoms with Gasteiger partial charge in [0, 0.05) is 32.5 Å². The number of nitrogens with one attached hydrogen (secondary N) is 1. The molecule has 0 bridgehead atoms. The largest absolute Gasteiger partial charge is 0.385 e. The van der Waals surface area contributed by atoms with E-state index in [4.69, 9.17) is 9.26 Å². The minimum atomic E-state index is -0.267. The Kier molecular flexibility index (Phi) is 5.25. The van der Waals surface area contributed by atoms with Crippen molar-refractivity contribution in [2.24, 2.45) is 0 Å². The number of carbonyl (C=O) groups excluding carboxylic acids is 1. The molecule has 0 unspecified atom stereocenters. The van der Waals surface area contributed by atoms with Crippen LogP contribution < -0.4 is 5.32 Å². The van der Waals surface area contributed by atoms with Crippen molar-refractivity contribution in [2.45, 2.75) is 12.8 Å². The Morgan fingerprint density at radius 1 is 1.35 bits per heavy atom. The molecule has 0 aliphatic heterocycles. The fourth-order valence-corrected chi connectivity index (χ4v) is 1.68. The van der Waals surface area contributed by atoms with Gasteiger partial charge in [-0.2, -0.15) is 0 Å². The Balaban J connectivity index is 1.87. The number of hydrogen-bond donors (Lipinski definition) is 1. The first-order chi connectivity index (χ1) is 9.81. The third-order valence-electron chi connectivity index (χ3n) is 2.72. The first-order valence-electron chi connectivity index (χ1n) is 6.46. The fourth-order valence-electron chi connectivity index (χ4n) is 1.68. The van der Waals surface area contributed by atoms with E-state index in [1.54, 1.807) is 19.4 Å². The monoisotopic (exact) mass is 275 g/mol. The van der Waals surface area contributed by atoms with Gasteiger partial charge >= 0.3 is 0 Å². The highest BCUT2D eigenvalue weighted by molar-refractivity contribution is 5.92. The van der Waals surface area contributed by atoms with Crippen molar-refractivity contribution in [1.82, 2.24) is 15.5 Å². The summed E-state index contributed by atoms with van der Waals surface area (Å²) >= 11 is 0. The molecular formula is C14H17N3O3. The normalized spacial score (nSPS) is 10.4. The van der Waals surface area contributed by atoms with Gasteiger partial charge in [0.15, 0.2) is 0 Å². The minimum Gasteiger partial charge on any atom is -0.385 e. The lowest BCUT2D eigenvalue weighted by Gasteiger charge is -2.01. The summed E-state index contributed by atoms with van der Waals surface area (Å²) in [6.45, 7) is 1.28. The smallest absolute Gasteiger partial charge is 0.289 e. The summed E-state index contributed by atoms with van der Waals surface area (Å²) in [5, 5.41) is 6.62. The van der Waals surface area contributed by atoms with Crippen molar-refractivity contribution < 1.29 is 14.1 Å². The molecule has 6 heteroatoms. The summed E-state index contributed by atoms with van der Waals surface area (Å²) in [7, 11) is 1.66. The van der Waals surface area contributed by atoms with Crippen molar-refractivity contribution in [3.63, 3.8) is 0 Å². The molecule has 0 aromatic carbocycles. The van der Waals surface area contributed by atoms with Crippen LogP contribution in [-0.2, 0) is 4.74 Å². The molecule has 2 aromatic heterocycles. The maximum absolute atomic E-state index is 11.8. The number of ether oxygens (including phenoxy) is 1. The topological polar surface area (TPSA) is 77.2 Å². The van der Waals surface area contributed by atoms with Gasteiger partial charge in [-0.25, -0.2) is 0 Å². The average molecular weight is 275 g/mol. The number of hydrogen-bond acceptors (Lipinski definition) is 5. The number of aromatic nitrogens is 2. The van der Waals surface area contributed by atoms with Crippen LogP contribution in [0.5, 0.6) is 0 Å². The molecule has 20 heavy (non-hydrogen) atoms. The van der Waals surface area contributed by atoms with E-state index in [0.717, 1.165) is 12.8 Å². The molecule has 0 aliphatic carbocycles. The Bertz CT molecular complexity index is 540. The van der Waals surface area contributed by atoms with Crippen LogP contribution in [0, 0.1) is 0 Å². The van der Waals surface area contributed by atoms with Gasteiger partial charge < -0.3 is 14.6 Å². The van der Waals surface area contributed by atoms with Crippen LogP contribution in [0.25, 0.3) is 11.4 Å². The minimum absolute atomic E-state index is 0.192. The van der Waals surface area contributed by atoms with Gasteiger partial charge in [-0.3, -0.25) is 9.78 Å². The lowest BCUT2D eigenvalue weighted by Crippen LogP contribution is -2.24. The molecule has 0 atom stereocenters. The molecule has 106 valence electrons. The maximum Gasteiger partial charge on any atom is 0.289 e. The van der Waals surface area contributed by atoms with E-state index in [1.807, 2.05) is 18.2 Å². The molecule has 2 heterocycles. The Labute approximate surface area is 117 Å². The Morgan fingerprint density at radius 3 is 3.00 bits per heavy atom. The van der Waals surface area contributed by atoms with E-state index >= 15 is 0 Å². The van der Waals surface area contributed by atoms with Gasteiger partial charge in [0.25, 0.3) is 5.91 Å². The van der Waals surface area contributed by atoms with Gasteiger partial charge in [0.05, 0.1) is 5.69 Å². The number of amides is 1. The molecule has 2 rings (SSSR count). The van der Waals surface area contributed by atoms with E-state index in [0.29, 0.717) is 24.5 Å². The molecule has 0 spiro atoms. The van der Waals surface area contributed by atoms with Crippen LogP contribution in [0.3, 0.4) is 0 Å². The summed E-state index contributed by atoms with van der Waals surface area (Å²) in [6.07, 6.45) is 3.44. The van der Waals surface area contributed by atoms with E-state index in [1.165, 1.54) is 0 Å². The standard InChI is InChI=1S/C14H17N3O3/c1-19-9-5-4-8-16-14(18)13-10-12(17-20-13)11-6-2-3-7-15-11/h2-3,6-7,10H,4-5,8-9H2,1H3,(H,16,18). The first kappa shape index (κ1) is 14.2. The van der Waals surface area contributed by atoms with Crippen molar-refractivity contribution in [3.05, 3.63) is 36.2 Å². The van der Waals surface area contributed by atoms with Crippen LogP contribution in [0.2, 0.25) is 0 Å². The molecule has 0 fully saturated rings. The zero-order valence-electron chi connectivity index (χ0n) is 11.3. The number of unbranched alkanes of at least 4 members (excludes halogenated alkanes) is 1. The van der Waals surface area contributed by atoms with Crippen molar-refractivity contribution in [2.75, 3.05) is 20.3 Å². The molecular weight excluding hydrogens is 258 g/mol. The fraction of sp³-hybridized carbons (Fsp3) is 0.357. The third kappa shape index (κ3) is 3.89. The quantitative estimate of drug-likeness (QED) is 0.781. The predicted octanol–water partition coefficient (Wildman–Crippen LogP) is 1.89. The van der Waals surface area contributed by atoms with Gasteiger partial charge in [0.2, 0.25) is 5.76 Å². The van der Waals surface area contributed by atoms with Crippen LogP contribution in [0.1, 0.15) is 23.4 Å². The third-order valence-corrected chi connectivity index (χ3v) is 2.72. The zero-order valence-corrected chi connectivity index (χ0v) is 11.3. The molecule has 0 aliphatic rings. The summed E-state index contributed by atoms with van der Waals surface area (Å²) in [4.78, 5) is 16.0. The number of pyridine rings is 1. The highest BCUT2D eigenvalue weighted by Gasteiger charge is 2.13. The van der Waals surface area contributed by atoms with Gasteiger partial charge in [-0.15, -0.1) is 0 Å². The SMILES string of the molecule is COCCCCNC(=O)c1cc(-c2ccccn2)no1. The first-order valence-corrected chi connectivity index (χ1v) is 6.46. The zero-order chi connectivity index (χ0) is 14.2. The summed E-state index contributed by atoms with van der Waals surface area (Å²) in [6, 6.07) is 7.07. The Hall–Kier alpha value is -2.21. The van der Waals surface area contributed by atoms with Crippen LogP contribution in [-0.4, -0.2) is 36.3 Å². The second kappa shape index (κ2) is 7.40. The number of methoxy groups -OCH3 is 1. The van der Waals surface area contributed by atoms with Crippen LogP contribution in [0.4, 0.5) is 0 Å². The van der Waals surface area contributed by atoms with E-state index in [-0.39, 0.29) is 11.7 Å². The predicted molar refractivity (Wildman–Crippen MR) is 73.2 cm³/mol. The molecule has 2 aromatic rings. The summed E-state index contributed by atoms with van der Waals surface area (Å²) in [5.41, 5.74) is 1.23. The van der Waals surface area contributed by atoms with E-state index in [9.17, 15) is 4.79 Å². The lowest BCUT2D eigenvalue weighted by molar-refractivity contribution is 0.0914. The molecule has 1 N–H and O–H groups in total.